The molecule has 3 rings (SSSR count). The largest absolute Gasteiger partial charge is 0.396 e. The van der Waals surface area contributed by atoms with E-state index in [1.54, 1.807) is 18.3 Å². The monoisotopic (exact) mass is 273 g/mol. The third-order valence-electron chi connectivity index (χ3n) is 4.49. The number of anilines is 2. The van der Waals surface area contributed by atoms with Crippen LogP contribution in [0.1, 0.15) is 44.9 Å². The average molecular weight is 273 g/mol. The number of amides is 2. The highest BCUT2D eigenvalue weighted by Crippen LogP contribution is 2.46. The summed E-state index contributed by atoms with van der Waals surface area (Å²) < 4.78 is 0. The maximum atomic E-state index is 12.4. The Morgan fingerprint density at radius 1 is 1.10 bits per heavy atom. The summed E-state index contributed by atoms with van der Waals surface area (Å²) in [6.07, 6.45) is 7.84. The number of nitrogens with zero attached hydrogens (tertiary/aromatic N) is 2. The zero-order valence-corrected chi connectivity index (χ0v) is 11.5. The molecule has 2 amide bonds. The first-order valence-corrected chi connectivity index (χ1v) is 7.18. The molecule has 106 valence electrons. The Kier molecular flexibility index (Phi) is 3.20. The summed E-state index contributed by atoms with van der Waals surface area (Å²) in [6, 6.07) is 3.36. The average Bonchev–Trinajstić information content (AvgIpc) is 2.41. The molecule has 1 aliphatic carbocycles. The van der Waals surface area contributed by atoms with Gasteiger partial charge in [0.15, 0.2) is 5.82 Å². The number of nitrogen functional groups attached to an aromatic ring is 1. The van der Waals surface area contributed by atoms with Gasteiger partial charge in [-0.05, 0) is 30.4 Å². The number of imide groups is 1. The van der Waals surface area contributed by atoms with Crippen molar-refractivity contribution >= 4 is 23.3 Å². The minimum absolute atomic E-state index is 0.105. The second-order valence-corrected chi connectivity index (χ2v) is 5.95. The van der Waals surface area contributed by atoms with Gasteiger partial charge in [-0.2, -0.15) is 0 Å². The predicted octanol–water partition coefficient (Wildman–Crippen LogP) is 2.27. The van der Waals surface area contributed by atoms with Crippen molar-refractivity contribution in [1.82, 2.24) is 4.98 Å². The molecule has 0 bridgehead atoms. The highest BCUT2D eigenvalue weighted by molar-refractivity contribution is 6.17. The van der Waals surface area contributed by atoms with Gasteiger partial charge in [0, 0.05) is 19.0 Å². The number of piperidine rings is 1. The lowest BCUT2D eigenvalue weighted by Crippen LogP contribution is -2.49. The van der Waals surface area contributed by atoms with Crippen LogP contribution in [0.3, 0.4) is 0 Å². The first-order chi connectivity index (χ1) is 9.61. The Bertz CT molecular complexity index is 530. The highest BCUT2D eigenvalue weighted by atomic mass is 16.2. The molecule has 0 unspecified atom stereocenters. The Labute approximate surface area is 118 Å². The van der Waals surface area contributed by atoms with E-state index >= 15 is 0 Å². The van der Waals surface area contributed by atoms with Crippen molar-refractivity contribution in [3.8, 4) is 0 Å². The summed E-state index contributed by atoms with van der Waals surface area (Å²) in [5, 5.41) is 0. The van der Waals surface area contributed by atoms with Crippen LogP contribution in [-0.4, -0.2) is 16.8 Å². The van der Waals surface area contributed by atoms with Crippen molar-refractivity contribution in [1.29, 1.82) is 0 Å². The SMILES string of the molecule is Nc1cccnc1N1C(=O)CC2(CCCCC2)CC1=O. The van der Waals surface area contributed by atoms with E-state index in [-0.39, 0.29) is 23.0 Å². The third-order valence-corrected chi connectivity index (χ3v) is 4.49. The minimum Gasteiger partial charge on any atom is -0.396 e. The lowest BCUT2D eigenvalue weighted by molar-refractivity contribution is -0.134. The molecule has 2 aliphatic rings. The summed E-state index contributed by atoms with van der Waals surface area (Å²) >= 11 is 0. The molecule has 1 aromatic rings. The topological polar surface area (TPSA) is 76.3 Å². The minimum atomic E-state index is -0.159. The third kappa shape index (κ3) is 2.17. The Morgan fingerprint density at radius 2 is 1.75 bits per heavy atom. The summed E-state index contributed by atoms with van der Waals surface area (Å²) in [7, 11) is 0. The van der Waals surface area contributed by atoms with Crippen LogP contribution in [0.5, 0.6) is 0 Å². The van der Waals surface area contributed by atoms with E-state index in [1.807, 2.05) is 0 Å². The van der Waals surface area contributed by atoms with Crippen LogP contribution in [-0.2, 0) is 9.59 Å². The van der Waals surface area contributed by atoms with E-state index in [1.165, 1.54) is 11.3 Å². The molecule has 0 atom stereocenters. The fourth-order valence-corrected chi connectivity index (χ4v) is 3.49. The number of rotatable bonds is 1. The lowest BCUT2D eigenvalue weighted by Gasteiger charge is -2.42. The van der Waals surface area contributed by atoms with E-state index in [0.717, 1.165) is 25.7 Å². The van der Waals surface area contributed by atoms with Crippen molar-refractivity contribution < 1.29 is 9.59 Å². The molecule has 0 radical (unpaired) electrons. The molecule has 5 nitrogen and oxygen atoms in total. The van der Waals surface area contributed by atoms with Gasteiger partial charge < -0.3 is 5.73 Å². The first kappa shape index (κ1) is 13.1. The molecule has 5 heteroatoms. The molecule has 1 spiro atoms. The maximum absolute atomic E-state index is 12.4. The Balaban J connectivity index is 1.88. The van der Waals surface area contributed by atoms with Crippen LogP contribution < -0.4 is 10.6 Å². The normalized spacial score (nSPS) is 22.3. The van der Waals surface area contributed by atoms with Crippen molar-refractivity contribution in [3.63, 3.8) is 0 Å². The molecule has 1 aliphatic heterocycles. The smallest absolute Gasteiger partial charge is 0.235 e. The number of hydrogen-bond acceptors (Lipinski definition) is 4. The van der Waals surface area contributed by atoms with E-state index < -0.39 is 0 Å². The van der Waals surface area contributed by atoms with Gasteiger partial charge in [0.05, 0.1) is 5.69 Å². The van der Waals surface area contributed by atoms with Gasteiger partial charge in [-0.25, -0.2) is 9.88 Å². The van der Waals surface area contributed by atoms with Crippen molar-refractivity contribution in [2.24, 2.45) is 5.41 Å². The van der Waals surface area contributed by atoms with E-state index in [0.29, 0.717) is 18.5 Å². The summed E-state index contributed by atoms with van der Waals surface area (Å²) in [4.78, 5) is 30.2. The summed E-state index contributed by atoms with van der Waals surface area (Å²) in [5.74, 6) is -0.0322. The molecular formula is C15H19N3O2. The molecule has 2 fully saturated rings. The fraction of sp³-hybridized carbons (Fsp3) is 0.533. The van der Waals surface area contributed by atoms with Crippen molar-refractivity contribution in [2.75, 3.05) is 10.6 Å². The van der Waals surface area contributed by atoms with Gasteiger partial charge in [-0.3, -0.25) is 9.59 Å². The molecule has 20 heavy (non-hydrogen) atoms. The number of carbonyl (C=O) groups excluding carboxylic acids is 2. The van der Waals surface area contributed by atoms with Crippen LogP contribution in [0.15, 0.2) is 18.3 Å². The van der Waals surface area contributed by atoms with Crippen LogP contribution in [0.2, 0.25) is 0 Å². The molecule has 1 aromatic heterocycles. The zero-order valence-electron chi connectivity index (χ0n) is 11.5. The number of hydrogen-bond donors (Lipinski definition) is 1. The Hall–Kier alpha value is -1.91. The lowest BCUT2D eigenvalue weighted by atomic mass is 9.67. The predicted molar refractivity (Wildman–Crippen MR) is 75.9 cm³/mol. The molecule has 1 saturated carbocycles. The molecule has 2 heterocycles. The zero-order chi connectivity index (χ0) is 14.2. The highest BCUT2D eigenvalue weighted by Gasteiger charge is 2.45. The second kappa shape index (κ2) is 4.89. The van der Waals surface area contributed by atoms with Crippen LogP contribution in [0.4, 0.5) is 11.5 Å². The number of aromatic nitrogens is 1. The van der Waals surface area contributed by atoms with Crippen LogP contribution in [0, 0.1) is 5.41 Å². The van der Waals surface area contributed by atoms with Gasteiger partial charge in [0.2, 0.25) is 11.8 Å². The first-order valence-electron chi connectivity index (χ1n) is 7.18. The van der Waals surface area contributed by atoms with Gasteiger partial charge in [-0.1, -0.05) is 19.3 Å². The standard InChI is InChI=1S/C15H19N3O2/c16-11-5-4-8-17-14(11)18-12(19)9-15(10-13(18)20)6-2-1-3-7-15/h4-5,8H,1-3,6-7,9-10,16H2. The number of pyridine rings is 1. The van der Waals surface area contributed by atoms with Crippen molar-refractivity contribution in [2.45, 2.75) is 44.9 Å². The summed E-state index contributed by atoms with van der Waals surface area (Å²) in [5.41, 5.74) is 6.10. The van der Waals surface area contributed by atoms with Crippen molar-refractivity contribution in [3.05, 3.63) is 18.3 Å². The van der Waals surface area contributed by atoms with Crippen LogP contribution >= 0.6 is 0 Å². The van der Waals surface area contributed by atoms with E-state index in [9.17, 15) is 9.59 Å². The molecule has 2 N–H and O–H groups in total. The second-order valence-electron chi connectivity index (χ2n) is 5.95. The quantitative estimate of drug-likeness (QED) is 0.796. The summed E-state index contributed by atoms with van der Waals surface area (Å²) in [6.45, 7) is 0. The van der Waals surface area contributed by atoms with E-state index in [2.05, 4.69) is 4.98 Å². The van der Waals surface area contributed by atoms with Gasteiger partial charge in [0.1, 0.15) is 0 Å². The van der Waals surface area contributed by atoms with Crippen LogP contribution in [0.25, 0.3) is 0 Å². The number of nitrogens with two attached hydrogens (primary N) is 1. The van der Waals surface area contributed by atoms with Gasteiger partial charge in [-0.15, -0.1) is 0 Å². The van der Waals surface area contributed by atoms with E-state index in [4.69, 9.17) is 5.73 Å². The van der Waals surface area contributed by atoms with Gasteiger partial charge >= 0.3 is 0 Å². The number of carbonyl (C=O) groups is 2. The molecular weight excluding hydrogens is 254 g/mol. The molecule has 1 saturated heterocycles. The Morgan fingerprint density at radius 3 is 2.35 bits per heavy atom. The fourth-order valence-electron chi connectivity index (χ4n) is 3.49. The molecule has 0 aromatic carbocycles. The van der Waals surface area contributed by atoms with Gasteiger partial charge in [0.25, 0.3) is 0 Å². The maximum Gasteiger partial charge on any atom is 0.235 e.